The predicted molar refractivity (Wildman–Crippen MR) is 39.0 cm³/mol. The maximum atomic E-state index is 10.9. The smallest absolute Gasteiger partial charge is 0.322 e. The molecule has 0 aromatic rings. The third-order valence-corrected chi connectivity index (χ3v) is 1.97. The molecule has 2 atom stereocenters. The van der Waals surface area contributed by atoms with Crippen molar-refractivity contribution < 1.29 is 14.6 Å². The lowest BCUT2D eigenvalue weighted by Gasteiger charge is -2.05. The fraction of sp³-hybridized carbons (Fsp3) is 0.857. The minimum atomic E-state index is -0.235. The summed E-state index contributed by atoms with van der Waals surface area (Å²) in [5, 5.41) is 11.7. The first-order valence-corrected chi connectivity index (χ1v) is 3.70. The fourth-order valence-electron chi connectivity index (χ4n) is 1.27. The largest absolute Gasteiger partial charge is 0.468 e. The van der Waals surface area contributed by atoms with Gasteiger partial charge in [-0.3, -0.25) is 4.79 Å². The number of carbonyl (C=O) groups is 1. The minimum absolute atomic E-state index is 0.139. The van der Waals surface area contributed by atoms with E-state index >= 15 is 0 Å². The van der Waals surface area contributed by atoms with Crippen LogP contribution in [0.5, 0.6) is 0 Å². The van der Waals surface area contributed by atoms with Crippen LogP contribution in [0.1, 0.15) is 6.42 Å². The average molecular weight is 159 g/mol. The summed E-state index contributed by atoms with van der Waals surface area (Å²) < 4.78 is 4.54. The molecule has 11 heavy (non-hydrogen) atoms. The molecule has 64 valence electrons. The van der Waals surface area contributed by atoms with E-state index in [1.165, 1.54) is 7.11 Å². The summed E-state index contributed by atoms with van der Waals surface area (Å²) in [6.45, 7) is 0.844. The molecule has 1 heterocycles. The molecule has 0 amide bonds. The Morgan fingerprint density at radius 1 is 1.82 bits per heavy atom. The van der Waals surface area contributed by atoms with Crippen molar-refractivity contribution in [2.24, 2.45) is 5.92 Å². The van der Waals surface area contributed by atoms with Gasteiger partial charge >= 0.3 is 5.97 Å². The van der Waals surface area contributed by atoms with Gasteiger partial charge < -0.3 is 15.2 Å². The van der Waals surface area contributed by atoms with E-state index in [0.29, 0.717) is 13.0 Å². The van der Waals surface area contributed by atoms with Gasteiger partial charge in [0, 0.05) is 13.2 Å². The van der Waals surface area contributed by atoms with Gasteiger partial charge in [-0.05, 0) is 12.3 Å². The quantitative estimate of drug-likeness (QED) is 0.514. The van der Waals surface area contributed by atoms with E-state index in [1.807, 2.05) is 0 Å². The number of aliphatic hydroxyl groups is 1. The van der Waals surface area contributed by atoms with Crippen LogP contribution in [-0.2, 0) is 9.53 Å². The molecule has 0 saturated carbocycles. The Kier molecular flexibility index (Phi) is 2.84. The van der Waals surface area contributed by atoms with Crippen LogP contribution in [0.4, 0.5) is 0 Å². The molecule has 0 aromatic heterocycles. The Bertz CT molecular complexity index is 149. The first kappa shape index (κ1) is 8.49. The Balaban J connectivity index is 2.35. The van der Waals surface area contributed by atoms with Gasteiger partial charge in [-0.1, -0.05) is 0 Å². The number of carbonyl (C=O) groups excluding carboxylic acids is 1. The molecule has 1 fully saturated rings. The normalized spacial score (nSPS) is 30.4. The van der Waals surface area contributed by atoms with Crippen LogP contribution in [0.15, 0.2) is 0 Å². The molecule has 0 bridgehead atoms. The van der Waals surface area contributed by atoms with Gasteiger partial charge in [-0.15, -0.1) is 0 Å². The summed E-state index contributed by atoms with van der Waals surface area (Å²) in [5.74, 6) is -0.0277. The molecular weight excluding hydrogens is 146 g/mol. The zero-order valence-electron chi connectivity index (χ0n) is 6.54. The third-order valence-electron chi connectivity index (χ3n) is 1.97. The van der Waals surface area contributed by atoms with Crippen LogP contribution in [-0.4, -0.2) is 37.4 Å². The highest BCUT2D eigenvalue weighted by Crippen LogP contribution is 2.13. The fourth-order valence-corrected chi connectivity index (χ4v) is 1.27. The second-order valence-electron chi connectivity index (χ2n) is 2.77. The van der Waals surface area contributed by atoms with E-state index in [4.69, 9.17) is 5.11 Å². The Labute approximate surface area is 65.5 Å². The summed E-state index contributed by atoms with van der Waals surface area (Å²) in [5.41, 5.74) is 0. The maximum absolute atomic E-state index is 10.9. The van der Waals surface area contributed by atoms with Gasteiger partial charge in [0.15, 0.2) is 0 Å². The van der Waals surface area contributed by atoms with E-state index in [1.54, 1.807) is 0 Å². The van der Waals surface area contributed by atoms with Gasteiger partial charge in [-0.2, -0.15) is 0 Å². The van der Waals surface area contributed by atoms with Crippen molar-refractivity contribution >= 4 is 5.97 Å². The molecule has 2 N–H and O–H groups in total. The number of hydrogen-bond acceptors (Lipinski definition) is 4. The van der Waals surface area contributed by atoms with Crippen LogP contribution >= 0.6 is 0 Å². The van der Waals surface area contributed by atoms with Crippen LogP contribution in [0, 0.1) is 5.92 Å². The lowest BCUT2D eigenvalue weighted by atomic mass is 10.1. The second kappa shape index (κ2) is 3.69. The van der Waals surface area contributed by atoms with Crippen molar-refractivity contribution in [2.45, 2.75) is 12.5 Å². The minimum Gasteiger partial charge on any atom is -0.468 e. The monoisotopic (exact) mass is 159 g/mol. The van der Waals surface area contributed by atoms with Crippen molar-refractivity contribution in [1.29, 1.82) is 0 Å². The first-order chi connectivity index (χ1) is 5.27. The number of hydrogen-bond donors (Lipinski definition) is 2. The van der Waals surface area contributed by atoms with E-state index < -0.39 is 0 Å². The molecule has 0 aromatic carbocycles. The molecule has 1 rings (SSSR count). The van der Waals surface area contributed by atoms with Crippen LogP contribution in [0.2, 0.25) is 0 Å². The number of aliphatic hydroxyl groups excluding tert-OH is 1. The van der Waals surface area contributed by atoms with E-state index in [9.17, 15) is 4.79 Å². The second-order valence-corrected chi connectivity index (χ2v) is 2.77. The summed E-state index contributed by atoms with van der Waals surface area (Å²) in [6.07, 6.45) is 0.684. The molecule has 1 saturated heterocycles. The topological polar surface area (TPSA) is 58.6 Å². The van der Waals surface area contributed by atoms with Crippen molar-refractivity contribution in [2.75, 3.05) is 20.3 Å². The summed E-state index contributed by atoms with van der Waals surface area (Å²) >= 11 is 0. The van der Waals surface area contributed by atoms with Crippen molar-refractivity contribution in [3.63, 3.8) is 0 Å². The highest BCUT2D eigenvalue weighted by atomic mass is 16.5. The third kappa shape index (κ3) is 1.91. The number of methoxy groups -OCH3 is 1. The van der Waals surface area contributed by atoms with Crippen molar-refractivity contribution in [1.82, 2.24) is 5.32 Å². The number of esters is 1. The van der Waals surface area contributed by atoms with Crippen molar-refractivity contribution in [3.8, 4) is 0 Å². The summed E-state index contributed by atoms with van der Waals surface area (Å²) in [4.78, 5) is 10.9. The lowest BCUT2D eigenvalue weighted by Crippen LogP contribution is -2.31. The Morgan fingerprint density at radius 2 is 2.55 bits per heavy atom. The highest BCUT2D eigenvalue weighted by Gasteiger charge is 2.29. The van der Waals surface area contributed by atoms with E-state index in [0.717, 1.165) is 0 Å². The van der Waals surface area contributed by atoms with E-state index in [-0.39, 0.29) is 24.5 Å². The Morgan fingerprint density at radius 3 is 3.00 bits per heavy atom. The Hall–Kier alpha value is -0.610. The number of ether oxygens (including phenoxy) is 1. The molecule has 1 aliphatic heterocycles. The zero-order valence-corrected chi connectivity index (χ0v) is 6.54. The van der Waals surface area contributed by atoms with Gasteiger partial charge in [0.25, 0.3) is 0 Å². The number of rotatable bonds is 2. The summed E-state index contributed by atoms with van der Waals surface area (Å²) in [7, 11) is 1.37. The van der Waals surface area contributed by atoms with Crippen LogP contribution < -0.4 is 5.32 Å². The number of nitrogens with one attached hydrogen (secondary N) is 1. The molecule has 1 unspecified atom stereocenters. The van der Waals surface area contributed by atoms with Gasteiger partial charge in [0.2, 0.25) is 0 Å². The standard InChI is InChI=1S/C7H13NO3/c1-11-7(10)6-2-5(4-9)3-8-6/h5-6,8-9H,2-4H2,1H3/t5-,6?/m0/s1. The van der Waals surface area contributed by atoms with Crippen LogP contribution in [0.3, 0.4) is 0 Å². The van der Waals surface area contributed by atoms with Gasteiger partial charge in [0.1, 0.15) is 6.04 Å². The van der Waals surface area contributed by atoms with Gasteiger partial charge in [-0.25, -0.2) is 0 Å². The predicted octanol–water partition coefficient (Wildman–Crippen LogP) is -0.870. The molecular formula is C7H13NO3. The molecule has 1 aliphatic rings. The van der Waals surface area contributed by atoms with Gasteiger partial charge in [0.05, 0.1) is 7.11 Å². The molecule has 0 radical (unpaired) electrons. The van der Waals surface area contributed by atoms with Crippen LogP contribution in [0.25, 0.3) is 0 Å². The SMILES string of the molecule is COC(=O)C1C[C@H](CO)CN1. The molecule has 0 spiro atoms. The average Bonchev–Trinajstić information content (AvgIpc) is 2.50. The molecule has 4 heteroatoms. The lowest BCUT2D eigenvalue weighted by molar-refractivity contribution is -0.142. The molecule has 0 aliphatic carbocycles. The molecule has 4 nitrogen and oxygen atoms in total. The first-order valence-electron chi connectivity index (χ1n) is 3.70. The maximum Gasteiger partial charge on any atom is 0.322 e. The van der Waals surface area contributed by atoms with E-state index in [2.05, 4.69) is 10.1 Å². The van der Waals surface area contributed by atoms with Crippen molar-refractivity contribution in [3.05, 3.63) is 0 Å². The zero-order chi connectivity index (χ0) is 8.27. The highest BCUT2D eigenvalue weighted by molar-refractivity contribution is 5.75. The summed E-state index contributed by atoms with van der Waals surface area (Å²) in [6, 6.07) is -0.211.